The van der Waals surface area contributed by atoms with Crippen molar-refractivity contribution in [3.8, 4) is 0 Å². The molecule has 5 atom stereocenters. The van der Waals surface area contributed by atoms with Crippen molar-refractivity contribution in [2.45, 2.75) is 63.8 Å². The third kappa shape index (κ3) is 2.23. The number of ether oxygens (including phenoxy) is 1. The number of carbonyl (C=O) groups excluding carboxylic acids is 1. The molecule has 4 nitrogen and oxygen atoms in total. The zero-order valence-electron chi connectivity index (χ0n) is 10.1. The summed E-state index contributed by atoms with van der Waals surface area (Å²) in [6.45, 7) is 4.07. The number of amides is 1. The quantitative estimate of drug-likeness (QED) is 0.745. The van der Waals surface area contributed by atoms with Gasteiger partial charge in [0, 0.05) is 0 Å². The molecule has 0 aromatic heterocycles. The number of fused-ring (bicyclic) bond motifs is 2. The van der Waals surface area contributed by atoms with Gasteiger partial charge in [-0.1, -0.05) is 20.3 Å². The number of rotatable bonds is 4. The van der Waals surface area contributed by atoms with Crippen LogP contribution < -0.4 is 11.1 Å². The molecule has 4 unspecified atom stereocenters. The van der Waals surface area contributed by atoms with Crippen LogP contribution in [-0.2, 0) is 9.53 Å². The van der Waals surface area contributed by atoms with Gasteiger partial charge in [-0.2, -0.15) is 0 Å². The molecule has 1 amide bonds. The summed E-state index contributed by atoms with van der Waals surface area (Å²) in [6, 6.07) is -0.189. The smallest absolute Gasteiger partial charge is 0.237 e. The second-order valence-corrected chi connectivity index (χ2v) is 5.14. The Kier molecular flexibility index (Phi) is 3.50. The van der Waals surface area contributed by atoms with Gasteiger partial charge in [0.1, 0.15) is 0 Å². The number of nitrogens with one attached hydrogen (secondary N) is 1. The van der Waals surface area contributed by atoms with E-state index in [2.05, 4.69) is 12.2 Å². The summed E-state index contributed by atoms with van der Waals surface area (Å²) in [5.41, 5.74) is 5.89. The summed E-state index contributed by atoms with van der Waals surface area (Å²) in [6.07, 6.45) is 4.72. The molecular weight excluding hydrogens is 204 g/mol. The van der Waals surface area contributed by atoms with Gasteiger partial charge in [0.15, 0.2) is 0 Å². The van der Waals surface area contributed by atoms with Crippen molar-refractivity contribution >= 4 is 5.91 Å². The van der Waals surface area contributed by atoms with E-state index in [0.29, 0.717) is 6.10 Å². The summed E-state index contributed by atoms with van der Waals surface area (Å²) in [7, 11) is 0. The van der Waals surface area contributed by atoms with Crippen LogP contribution in [0.4, 0.5) is 0 Å². The van der Waals surface area contributed by atoms with Crippen molar-refractivity contribution in [2.24, 2.45) is 11.7 Å². The lowest BCUT2D eigenvalue weighted by Crippen LogP contribution is -2.50. The Morgan fingerprint density at radius 2 is 2.31 bits per heavy atom. The molecule has 0 radical (unpaired) electrons. The van der Waals surface area contributed by atoms with Crippen LogP contribution in [0.25, 0.3) is 0 Å². The maximum atomic E-state index is 11.9. The van der Waals surface area contributed by atoms with Gasteiger partial charge in [-0.3, -0.25) is 4.79 Å². The minimum atomic E-state index is -0.385. The van der Waals surface area contributed by atoms with E-state index in [-0.39, 0.29) is 30.0 Å². The highest BCUT2D eigenvalue weighted by atomic mass is 16.5. The van der Waals surface area contributed by atoms with Gasteiger partial charge in [-0.15, -0.1) is 0 Å². The fourth-order valence-corrected chi connectivity index (χ4v) is 2.58. The highest BCUT2D eigenvalue weighted by molar-refractivity contribution is 5.82. The highest BCUT2D eigenvalue weighted by Gasteiger charge is 2.41. The van der Waals surface area contributed by atoms with Gasteiger partial charge in [0.2, 0.25) is 5.91 Å². The molecule has 0 aromatic rings. The summed E-state index contributed by atoms with van der Waals surface area (Å²) < 4.78 is 5.70. The first-order valence-corrected chi connectivity index (χ1v) is 6.33. The molecule has 2 aliphatic heterocycles. The number of nitrogens with two attached hydrogens (primary N) is 1. The van der Waals surface area contributed by atoms with Crippen molar-refractivity contribution in [1.29, 1.82) is 0 Å². The van der Waals surface area contributed by atoms with Crippen LogP contribution in [-0.4, -0.2) is 30.2 Å². The third-order valence-corrected chi connectivity index (χ3v) is 3.99. The molecule has 2 bridgehead atoms. The van der Waals surface area contributed by atoms with Gasteiger partial charge in [0.05, 0.1) is 24.3 Å². The van der Waals surface area contributed by atoms with Gasteiger partial charge in [-0.25, -0.2) is 0 Å². The van der Waals surface area contributed by atoms with E-state index in [9.17, 15) is 4.79 Å². The summed E-state index contributed by atoms with van der Waals surface area (Å²) in [5.74, 6) is 0.218. The Labute approximate surface area is 96.9 Å². The molecule has 16 heavy (non-hydrogen) atoms. The molecular formula is C12H22N2O2. The van der Waals surface area contributed by atoms with E-state index in [1.807, 2.05) is 6.92 Å². The largest absolute Gasteiger partial charge is 0.373 e. The van der Waals surface area contributed by atoms with Crippen molar-refractivity contribution in [1.82, 2.24) is 5.32 Å². The van der Waals surface area contributed by atoms with E-state index >= 15 is 0 Å². The fraction of sp³-hybridized carbons (Fsp3) is 0.917. The van der Waals surface area contributed by atoms with Crippen LogP contribution in [0.3, 0.4) is 0 Å². The molecule has 0 aliphatic carbocycles. The minimum Gasteiger partial charge on any atom is -0.373 e. The molecule has 2 saturated heterocycles. The van der Waals surface area contributed by atoms with Crippen LogP contribution in [0.5, 0.6) is 0 Å². The van der Waals surface area contributed by atoms with Crippen molar-refractivity contribution in [3.63, 3.8) is 0 Å². The predicted molar refractivity (Wildman–Crippen MR) is 61.9 cm³/mol. The number of hydrogen-bond donors (Lipinski definition) is 2. The van der Waals surface area contributed by atoms with Gasteiger partial charge in [-0.05, 0) is 25.2 Å². The van der Waals surface area contributed by atoms with E-state index in [4.69, 9.17) is 10.5 Å². The average Bonchev–Trinajstić information content (AvgIpc) is 2.88. The van der Waals surface area contributed by atoms with E-state index in [1.165, 1.54) is 0 Å². The normalized spacial score (nSPS) is 36.1. The molecule has 2 aliphatic rings. The molecule has 0 spiro atoms. The zero-order chi connectivity index (χ0) is 11.7. The van der Waals surface area contributed by atoms with Crippen molar-refractivity contribution in [2.75, 3.05) is 0 Å². The lowest BCUT2D eigenvalue weighted by atomic mass is 9.94. The fourth-order valence-electron chi connectivity index (χ4n) is 2.58. The maximum Gasteiger partial charge on any atom is 0.237 e. The summed E-state index contributed by atoms with van der Waals surface area (Å²) in [5, 5.41) is 3.04. The molecule has 2 rings (SSSR count). The van der Waals surface area contributed by atoms with Crippen LogP contribution in [0.15, 0.2) is 0 Å². The Morgan fingerprint density at radius 1 is 1.56 bits per heavy atom. The molecule has 2 heterocycles. The minimum absolute atomic E-state index is 0.0181. The van der Waals surface area contributed by atoms with Crippen LogP contribution in [0.1, 0.15) is 39.5 Å². The zero-order valence-corrected chi connectivity index (χ0v) is 10.1. The molecule has 2 fully saturated rings. The van der Waals surface area contributed by atoms with Crippen LogP contribution in [0.2, 0.25) is 0 Å². The second-order valence-electron chi connectivity index (χ2n) is 5.14. The van der Waals surface area contributed by atoms with Gasteiger partial charge in [0.25, 0.3) is 0 Å². The Balaban J connectivity index is 1.83. The van der Waals surface area contributed by atoms with E-state index < -0.39 is 0 Å². The SMILES string of the molecule is CCC(C)[C@H](N)C(=O)NC1CC2CCC1O2. The van der Waals surface area contributed by atoms with Gasteiger partial charge < -0.3 is 15.8 Å². The lowest BCUT2D eigenvalue weighted by molar-refractivity contribution is -0.124. The van der Waals surface area contributed by atoms with Crippen molar-refractivity contribution in [3.05, 3.63) is 0 Å². The first-order valence-electron chi connectivity index (χ1n) is 6.33. The highest BCUT2D eigenvalue weighted by Crippen LogP contribution is 2.34. The molecule has 4 heteroatoms. The predicted octanol–water partition coefficient (Wildman–Crippen LogP) is 0.796. The monoisotopic (exact) mass is 226 g/mol. The molecule has 92 valence electrons. The molecule has 0 saturated carbocycles. The first kappa shape index (κ1) is 11.9. The van der Waals surface area contributed by atoms with Crippen LogP contribution >= 0.6 is 0 Å². The number of carbonyl (C=O) groups is 1. The Morgan fingerprint density at radius 3 is 2.81 bits per heavy atom. The topological polar surface area (TPSA) is 64.4 Å². The standard InChI is InChI=1S/C12H22N2O2/c1-3-7(2)11(13)12(15)14-9-6-8-4-5-10(9)16-8/h7-11H,3-6,13H2,1-2H3,(H,14,15)/t7?,8?,9?,10?,11-/m0/s1. The number of hydrogen-bond acceptors (Lipinski definition) is 3. The van der Waals surface area contributed by atoms with Gasteiger partial charge >= 0.3 is 0 Å². The first-order chi connectivity index (χ1) is 7.61. The molecule has 3 N–H and O–H groups in total. The third-order valence-electron chi connectivity index (χ3n) is 3.99. The lowest BCUT2D eigenvalue weighted by Gasteiger charge is -2.24. The van der Waals surface area contributed by atoms with E-state index in [1.54, 1.807) is 0 Å². The summed E-state index contributed by atoms with van der Waals surface area (Å²) >= 11 is 0. The summed E-state index contributed by atoms with van der Waals surface area (Å²) in [4.78, 5) is 11.9. The maximum absolute atomic E-state index is 11.9. The van der Waals surface area contributed by atoms with Crippen molar-refractivity contribution < 1.29 is 9.53 Å². The van der Waals surface area contributed by atoms with E-state index in [0.717, 1.165) is 25.7 Å². The second kappa shape index (κ2) is 4.72. The van der Waals surface area contributed by atoms with Crippen LogP contribution in [0, 0.1) is 5.92 Å². The Hall–Kier alpha value is -0.610. The average molecular weight is 226 g/mol. The Bertz CT molecular complexity index is 270. The molecule has 0 aromatic carbocycles.